The highest BCUT2D eigenvalue weighted by molar-refractivity contribution is 6.33. The van der Waals surface area contributed by atoms with Crippen LogP contribution in [0.4, 0.5) is 18.9 Å². The lowest BCUT2D eigenvalue weighted by molar-refractivity contribution is -0.274. The van der Waals surface area contributed by atoms with Gasteiger partial charge in [-0.05, 0) is 42.5 Å². The Morgan fingerprint density at radius 1 is 1.17 bits per heavy atom. The van der Waals surface area contributed by atoms with Crippen molar-refractivity contribution in [3.8, 4) is 22.8 Å². The summed E-state index contributed by atoms with van der Waals surface area (Å²) < 4.78 is 54.0. The SMILES string of the molecule is Cn1ncc(Cl)c1-c1cc(NC(=O)c2ccc(OC(F)(F)F)cc2)ccc1OCCN1CCOCC1. The van der Waals surface area contributed by atoms with Gasteiger partial charge in [0.25, 0.3) is 5.91 Å². The summed E-state index contributed by atoms with van der Waals surface area (Å²) in [4.78, 5) is 15.0. The third-order valence-corrected chi connectivity index (χ3v) is 5.78. The number of amides is 1. The monoisotopic (exact) mass is 524 g/mol. The number of nitrogens with zero attached hydrogens (tertiary/aromatic N) is 3. The van der Waals surface area contributed by atoms with Gasteiger partial charge in [0.15, 0.2) is 0 Å². The summed E-state index contributed by atoms with van der Waals surface area (Å²) in [6.07, 6.45) is -3.29. The zero-order chi connectivity index (χ0) is 25.7. The Morgan fingerprint density at radius 3 is 2.53 bits per heavy atom. The van der Waals surface area contributed by atoms with Crippen molar-refractivity contribution in [1.29, 1.82) is 0 Å². The quantitative estimate of drug-likeness (QED) is 0.464. The van der Waals surface area contributed by atoms with Crippen LogP contribution in [0.5, 0.6) is 11.5 Å². The second kappa shape index (κ2) is 11.2. The lowest BCUT2D eigenvalue weighted by Crippen LogP contribution is -2.38. The van der Waals surface area contributed by atoms with Crippen LogP contribution in [0.25, 0.3) is 11.3 Å². The van der Waals surface area contributed by atoms with Crippen LogP contribution >= 0.6 is 11.6 Å². The number of benzene rings is 2. The lowest BCUT2D eigenvalue weighted by atomic mass is 10.1. The van der Waals surface area contributed by atoms with Crippen LogP contribution in [-0.4, -0.2) is 66.4 Å². The Balaban J connectivity index is 1.50. The molecule has 0 aliphatic carbocycles. The number of alkyl halides is 3. The van der Waals surface area contributed by atoms with E-state index < -0.39 is 18.0 Å². The minimum absolute atomic E-state index is 0.162. The normalized spacial score (nSPS) is 14.5. The third-order valence-electron chi connectivity index (χ3n) is 5.51. The first-order valence-electron chi connectivity index (χ1n) is 11.1. The molecule has 4 rings (SSSR count). The van der Waals surface area contributed by atoms with Gasteiger partial charge in [-0.2, -0.15) is 5.10 Å². The zero-order valence-corrected chi connectivity index (χ0v) is 20.1. The molecule has 192 valence electrons. The number of aromatic nitrogens is 2. The first-order chi connectivity index (χ1) is 17.2. The molecule has 1 aliphatic rings. The van der Waals surface area contributed by atoms with Crippen molar-refractivity contribution in [3.63, 3.8) is 0 Å². The highest BCUT2D eigenvalue weighted by Crippen LogP contribution is 2.36. The molecule has 1 aromatic heterocycles. The van der Waals surface area contributed by atoms with E-state index >= 15 is 0 Å². The summed E-state index contributed by atoms with van der Waals surface area (Å²) in [6, 6.07) is 9.77. The van der Waals surface area contributed by atoms with Crippen LogP contribution in [0.15, 0.2) is 48.7 Å². The first kappa shape index (κ1) is 25.8. The van der Waals surface area contributed by atoms with Crippen LogP contribution in [0, 0.1) is 0 Å². The van der Waals surface area contributed by atoms with Crippen molar-refractivity contribution in [3.05, 3.63) is 59.2 Å². The van der Waals surface area contributed by atoms with Crippen molar-refractivity contribution in [2.24, 2.45) is 7.05 Å². The molecule has 1 fully saturated rings. The number of morpholine rings is 1. The summed E-state index contributed by atoms with van der Waals surface area (Å²) in [5.41, 5.74) is 1.86. The number of ether oxygens (including phenoxy) is 3. The first-order valence-corrected chi connectivity index (χ1v) is 11.5. The Morgan fingerprint density at radius 2 is 1.89 bits per heavy atom. The van der Waals surface area contributed by atoms with Crippen LogP contribution in [-0.2, 0) is 11.8 Å². The zero-order valence-electron chi connectivity index (χ0n) is 19.3. The molecule has 1 N–H and O–H groups in total. The van der Waals surface area contributed by atoms with E-state index in [1.54, 1.807) is 29.9 Å². The van der Waals surface area contributed by atoms with Gasteiger partial charge >= 0.3 is 6.36 Å². The molecular weight excluding hydrogens is 501 g/mol. The Kier molecular flexibility index (Phi) is 8.02. The summed E-state index contributed by atoms with van der Waals surface area (Å²) in [5, 5.41) is 7.35. The summed E-state index contributed by atoms with van der Waals surface area (Å²) in [6.45, 7) is 4.26. The van der Waals surface area contributed by atoms with E-state index in [-0.39, 0.29) is 5.56 Å². The van der Waals surface area contributed by atoms with Crippen molar-refractivity contribution in [2.45, 2.75) is 6.36 Å². The molecule has 1 amide bonds. The second-order valence-electron chi connectivity index (χ2n) is 8.00. The van der Waals surface area contributed by atoms with Crippen molar-refractivity contribution in [2.75, 3.05) is 44.8 Å². The molecule has 12 heteroatoms. The fourth-order valence-electron chi connectivity index (χ4n) is 3.75. The predicted octanol–water partition coefficient (Wildman–Crippen LogP) is 4.60. The van der Waals surface area contributed by atoms with Gasteiger partial charge in [0, 0.05) is 43.5 Å². The van der Waals surface area contributed by atoms with Gasteiger partial charge in [-0.3, -0.25) is 14.4 Å². The molecule has 2 heterocycles. The van der Waals surface area contributed by atoms with Crippen LogP contribution in [0.3, 0.4) is 0 Å². The van der Waals surface area contributed by atoms with Gasteiger partial charge in [-0.25, -0.2) is 0 Å². The number of hydrogen-bond acceptors (Lipinski definition) is 6. The number of hydrogen-bond donors (Lipinski definition) is 1. The van der Waals surface area contributed by atoms with E-state index in [0.29, 0.717) is 47.5 Å². The van der Waals surface area contributed by atoms with Gasteiger partial charge in [0.05, 0.1) is 30.1 Å². The Hall–Kier alpha value is -3.28. The van der Waals surface area contributed by atoms with Crippen LogP contribution in [0.1, 0.15) is 10.4 Å². The molecule has 1 saturated heterocycles. The highest BCUT2D eigenvalue weighted by atomic mass is 35.5. The number of aryl methyl sites for hydroxylation is 1. The topological polar surface area (TPSA) is 77.9 Å². The molecule has 8 nitrogen and oxygen atoms in total. The molecule has 36 heavy (non-hydrogen) atoms. The third kappa shape index (κ3) is 6.68. The van der Waals surface area contributed by atoms with Crippen molar-refractivity contribution >= 4 is 23.2 Å². The standard InChI is InChI=1S/C24H24ClF3N4O4/c1-31-22(20(25)15-29-31)19-14-17(4-7-21(19)35-13-10-32-8-11-34-12-9-32)30-23(33)16-2-5-18(6-3-16)36-24(26,27)28/h2-7,14-15H,8-13H2,1H3,(H,30,33). The minimum atomic E-state index is -4.81. The molecular formula is C24H24ClF3N4O4. The van der Waals surface area contributed by atoms with E-state index in [4.69, 9.17) is 21.1 Å². The van der Waals surface area contributed by atoms with Gasteiger partial charge in [-0.1, -0.05) is 11.6 Å². The Labute approximate surface area is 210 Å². The van der Waals surface area contributed by atoms with Gasteiger partial charge in [-0.15, -0.1) is 13.2 Å². The fourth-order valence-corrected chi connectivity index (χ4v) is 4.02. The van der Waals surface area contributed by atoms with Crippen LogP contribution < -0.4 is 14.8 Å². The van der Waals surface area contributed by atoms with E-state index in [2.05, 4.69) is 20.1 Å². The predicted molar refractivity (Wildman–Crippen MR) is 127 cm³/mol. The van der Waals surface area contributed by atoms with E-state index in [1.807, 2.05) is 0 Å². The lowest BCUT2D eigenvalue weighted by Gasteiger charge is -2.26. The van der Waals surface area contributed by atoms with E-state index in [1.165, 1.54) is 18.3 Å². The molecule has 3 aromatic rings. The second-order valence-corrected chi connectivity index (χ2v) is 8.41. The number of halogens is 4. The fraction of sp³-hybridized carbons (Fsp3) is 0.333. The smallest absolute Gasteiger partial charge is 0.492 e. The van der Waals surface area contributed by atoms with Gasteiger partial charge < -0.3 is 19.5 Å². The average molecular weight is 525 g/mol. The maximum Gasteiger partial charge on any atom is 0.573 e. The molecule has 0 saturated carbocycles. The molecule has 1 aliphatic heterocycles. The number of anilines is 1. The number of carbonyl (C=O) groups excluding carboxylic acids is 1. The molecule has 0 spiro atoms. The number of rotatable bonds is 8. The molecule has 0 unspecified atom stereocenters. The molecule has 0 bridgehead atoms. The van der Waals surface area contributed by atoms with E-state index in [9.17, 15) is 18.0 Å². The minimum Gasteiger partial charge on any atom is -0.492 e. The highest BCUT2D eigenvalue weighted by Gasteiger charge is 2.31. The molecule has 0 atom stereocenters. The molecule has 2 aromatic carbocycles. The molecule has 0 radical (unpaired) electrons. The summed E-state index contributed by atoms with van der Waals surface area (Å²) in [5.74, 6) is -0.345. The summed E-state index contributed by atoms with van der Waals surface area (Å²) >= 11 is 6.38. The Bertz CT molecular complexity index is 1180. The largest absolute Gasteiger partial charge is 0.573 e. The van der Waals surface area contributed by atoms with Crippen molar-refractivity contribution in [1.82, 2.24) is 14.7 Å². The van der Waals surface area contributed by atoms with Crippen molar-refractivity contribution < 1.29 is 32.2 Å². The van der Waals surface area contributed by atoms with Gasteiger partial charge in [0.1, 0.15) is 18.1 Å². The van der Waals surface area contributed by atoms with Crippen LogP contribution in [0.2, 0.25) is 5.02 Å². The average Bonchev–Trinajstić information content (AvgIpc) is 3.17. The maximum absolute atomic E-state index is 12.7. The van der Waals surface area contributed by atoms with Gasteiger partial charge in [0.2, 0.25) is 0 Å². The van der Waals surface area contributed by atoms with E-state index in [0.717, 1.165) is 31.8 Å². The maximum atomic E-state index is 12.7. The summed E-state index contributed by atoms with van der Waals surface area (Å²) in [7, 11) is 1.74. The number of nitrogens with one attached hydrogen (secondary N) is 1. The number of carbonyl (C=O) groups is 1.